The molecule has 1 aliphatic rings. The minimum atomic E-state index is 0. The lowest BCUT2D eigenvalue weighted by atomic mass is 10.2. The van der Waals surface area contributed by atoms with E-state index in [-0.39, 0.29) is 24.0 Å². The number of aromatic nitrogens is 3. The molecular weight excluding hydrogens is 481 g/mol. The van der Waals surface area contributed by atoms with Crippen LogP contribution in [0.15, 0.2) is 11.3 Å². The Morgan fingerprint density at radius 2 is 1.86 bits per heavy atom. The zero-order valence-electron chi connectivity index (χ0n) is 18.2. The molecule has 2 heterocycles. The highest BCUT2D eigenvalue weighted by Crippen LogP contribution is 2.09. The Morgan fingerprint density at radius 1 is 1.10 bits per heavy atom. The van der Waals surface area contributed by atoms with Gasteiger partial charge < -0.3 is 24.8 Å². The molecule has 0 saturated carbocycles. The van der Waals surface area contributed by atoms with E-state index in [9.17, 15) is 0 Å². The first-order valence-corrected chi connectivity index (χ1v) is 10.9. The number of hydrogen-bond donors (Lipinski definition) is 2. The van der Waals surface area contributed by atoms with Gasteiger partial charge in [0.15, 0.2) is 5.96 Å². The van der Waals surface area contributed by atoms with Gasteiger partial charge in [0, 0.05) is 46.3 Å². The van der Waals surface area contributed by atoms with Crippen LogP contribution >= 0.6 is 24.0 Å². The summed E-state index contributed by atoms with van der Waals surface area (Å²) >= 11 is 0. The number of methoxy groups -OCH3 is 1. The summed E-state index contributed by atoms with van der Waals surface area (Å²) in [6.07, 6.45) is 10.3. The molecule has 0 aromatic carbocycles. The van der Waals surface area contributed by atoms with Crippen LogP contribution in [0, 0.1) is 0 Å². The van der Waals surface area contributed by atoms with E-state index in [1.807, 2.05) is 0 Å². The van der Waals surface area contributed by atoms with E-state index in [0.717, 1.165) is 63.8 Å². The average Bonchev–Trinajstić information content (AvgIpc) is 3.01. The normalized spacial score (nSPS) is 15.6. The van der Waals surface area contributed by atoms with Crippen molar-refractivity contribution in [3.05, 3.63) is 12.2 Å². The Labute approximate surface area is 193 Å². The maximum absolute atomic E-state index is 5.12. The van der Waals surface area contributed by atoms with Crippen molar-refractivity contribution in [3.8, 4) is 0 Å². The zero-order chi connectivity index (χ0) is 19.9. The first kappa shape index (κ1) is 26.1. The van der Waals surface area contributed by atoms with Crippen molar-refractivity contribution in [1.29, 1.82) is 0 Å². The van der Waals surface area contributed by atoms with Gasteiger partial charge >= 0.3 is 0 Å². The first-order valence-electron chi connectivity index (χ1n) is 10.9. The lowest BCUT2D eigenvalue weighted by Crippen LogP contribution is -2.40. The van der Waals surface area contributed by atoms with E-state index < -0.39 is 0 Å². The van der Waals surface area contributed by atoms with Crippen LogP contribution in [0.5, 0.6) is 0 Å². The molecule has 168 valence electrons. The Kier molecular flexibility index (Phi) is 15.1. The third-order valence-corrected chi connectivity index (χ3v) is 5.08. The summed E-state index contributed by atoms with van der Waals surface area (Å²) in [4.78, 5) is 7.29. The first-order chi connectivity index (χ1) is 13.8. The summed E-state index contributed by atoms with van der Waals surface area (Å²) in [6.45, 7) is 9.88. The van der Waals surface area contributed by atoms with Gasteiger partial charge in [-0.05, 0) is 45.3 Å². The SMILES string of the molecule is CCc1nncn1CCNC(=NCCCOC)NCCCN1CCCCCC1.I. The van der Waals surface area contributed by atoms with Gasteiger partial charge in [0.2, 0.25) is 0 Å². The quantitative estimate of drug-likeness (QED) is 0.190. The topological polar surface area (TPSA) is 79.6 Å². The zero-order valence-corrected chi connectivity index (χ0v) is 20.6. The largest absolute Gasteiger partial charge is 0.385 e. The fourth-order valence-corrected chi connectivity index (χ4v) is 3.48. The molecule has 0 bridgehead atoms. The van der Waals surface area contributed by atoms with Gasteiger partial charge in [-0.3, -0.25) is 4.99 Å². The van der Waals surface area contributed by atoms with E-state index >= 15 is 0 Å². The van der Waals surface area contributed by atoms with Gasteiger partial charge in [0.25, 0.3) is 0 Å². The molecule has 1 fully saturated rings. The van der Waals surface area contributed by atoms with Crippen LogP contribution in [0.3, 0.4) is 0 Å². The van der Waals surface area contributed by atoms with Crippen molar-refractivity contribution < 1.29 is 4.74 Å². The van der Waals surface area contributed by atoms with Crippen LogP contribution < -0.4 is 10.6 Å². The van der Waals surface area contributed by atoms with Crippen molar-refractivity contribution in [2.75, 3.05) is 53.0 Å². The highest BCUT2D eigenvalue weighted by Gasteiger charge is 2.08. The summed E-state index contributed by atoms with van der Waals surface area (Å²) < 4.78 is 7.21. The summed E-state index contributed by atoms with van der Waals surface area (Å²) in [5, 5.41) is 15.1. The van der Waals surface area contributed by atoms with Crippen molar-refractivity contribution in [3.63, 3.8) is 0 Å². The number of hydrogen-bond acceptors (Lipinski definition) is 5. The molecule has 1 aromatic rings. The fraction of sp³-hybridized carbons (Fsp3) is 0.850. The highest BCUT2D eigenvalue weighted by molar-refractivity contribution is 14.0. The Hall–Kier alpha value is -0.940. The molecule has 1 aromatic heterocycles. The minimum absolute atomic E-state index is 0. The van der Waals surface area contributed by atoms with Crippen LogP contribution in [-0.2, 0) is 17.7 Å². The lowest BCUT2D eigenvalue weighted by molar-refractivity contribution is 0.197. The van der Waals surface area contributed by atoms with E-state index in [4.69, 9.17) is 4.74 Å². The second kappa shape index (κ2) is 16.8. The second-order valence-electron chi connectivity index (χ2n) is 7.33. The molecule has 0 atom stereocenters. The average molecular weight is 521 g/mol. The molecule has 0 amide bonds. The molecular formula is C20H40IN7O. The number of likely N-dealkylation sites (tertiary alicyclic amines) is 1. The highest BCUT2D eigenvalue weighted by atomic mass is 127. The van der Waals surface area contributed by atoms with Gasteiger partial charge in [-0.15, -0.1) is 34.2 Å². The molecule has 0 unspecified atom stereocenters. The molecule has 1 saturated heterocycles. The number of rotatable bonds is 12. The fourth-order valence-electron chi connectivity index (χ4n) is 3.48. The van der Waals surface area contributed by atoms with Crippen molar-refractivity contribution in [2.45, 2.75) is 58.4 Å². The number of guanidine groups is 1. The summed E-state index contributed by atoms with van der Waals surface area (Å²) in [7, 11) is 1.73. The van der Waals surface area contributed by atoms with Crippen LogP contribution in [0.25, 0.3) is 0 Å². The molecule has 2 N–H and O–H groups in total. The van der Waals surface area contributed by atoms with Crippen molar-refractivity contribution in [1.82, 2.24) is 30.3 Å². The molecule has 0 radical (unpaired) electrons. The number of aliphatic imine (C=N–C) groups is 1. The molecule has 8 nitrogen and oxygen atoms in total. The van der Waals surface area contributed by atoms with Gasteiger partial charge in [-0.1, -0.05) is 19.8 Å². The predicted octanol–water partition coefficient (Wildman–Crippen LogP) is 2.30. The lowest BCUT2D eigenvalue weighted by Gasteiger charge is -2.20. The van der Waals surface area contributed by atoms with Crippen LogP contribution in [-0.4, -0.2) is 78.6 Å². The Balaban J connectivity index is 0.00000420. The van der Waals surface area contributed by atoms with Gasteiger partial charge in [0.1, 0.15) is 12.2 Å². The van der Waals surface area contributed by atoms with Crippen LogP contribution in [0.4, 0.5) is 0 Å². The summed E-state index contributed by atoms with van der Waals surface area (Å²) in [5.74, 6) is 1.91. The van der Waals surface area contributed by atoms with E-state index in [1.165, 1.54) is 45.3 Å². The monoisotopic (exact) mass is 521 g/mol. The molecule has 2 rings (SSSR count). The van der Waals surface area contributed by atoms with Crippen LogP contribution in [0.1, 0.15) is 51.3 Å². The molecule has 29 heavy (non-hydrogen) atoms. The number of halogens is 1. The molecule has 1 aliphatic heterocycles. The number of aryl methyl sites for hydroxylation is 1. The summed E-state index contributed by atoms with van der Waals surface area (Å²) in [5.41, 5.74) is 0. The smallest absolute Gasteiger partial charge is 0.191 e. The van der Waals surface area contributed by atoms with Crippen molar-refractivity contribution >= 4 is 29.9 Å². The predicted molar refractivity (Wildman–Crippen MR) is 129 cm³/mol. The molecule has 9 heteroatoms. The third kappa shape index (κ3) is 11.1. The second-order valence-corrected chi connectivity index (χ2v) is 7.33. The van der Waals surface area contributed by atoms with Gasteiger partial charge in [0.05, 0.1) is 0 Å². The van der Waals surface area contributed by atoms with Gasteiger partial charge in [-0.25, -0.2) is 0 Å². The number of ether oxygens (including phenoxy) is 1. The Morgan fingerprint density at radius 3 is 2.59 bits per heavy atom. The van der Waals surface area contributed by atoms with Crippen molar-refractivity contribution in [2.24, 2.45) is 4.99 Å². The van der Waals surface area contributed by atoms with E-state index in [0.29, 0.717) is 0 Å². The maximum atomic E-state index is 5.12. The van der Waals surface area contributed by atoms with E-state index in [2.05, 4.69) is 42.2 Å². The molecule has 0 spiro atoms. The van der Waals surface area contributed by atoms with Crippen LogP contribution in [0.2, 0.25) is 0 Å². The Bertz CT molecular complexity index is 545. The van der Waals surface area contributed by atoms with Gasteiger partial charge in [-0.2, -0.15) is 0 Å². The molecule has 0 aliphatic carbocycles. The third-order valence-electron chi connectivity index (χ3n) is 5.08. The number of nitrogens with zero attached hydrogens (tertiary/aromatic N) is 5. The number of nitrogens with one attached hydrogen (secondary N) is 2. The maximum Gasteiger partial charge on any atom is 0.191 e. The standard InChI is InChI=1S/C20H39N7O.HI/c1-3-19-25-24-18-27(19)16-12-23-20(22-11-9-17-28-2)21-10-8-15-26-13-6-4-5-7-14-26;/h18H,3-17H2,1-2H3,(H2,21,22,23);1H. The summed E-state index contributed by atoms with van der Waals surface area (Å²) in [6, 6.07) is 0. The van der Waals surface area contributed by atoms with E-state index in [1.54, 1.807) is 13.4 Å². The minimum Gasteiger partial charge on any atom is -0.385 e.